The number of hydrogen-bond donors (Lipinski definition) is 2. The van der Waals surface area contributed by atoms with Gasteiger partial charge in [-0.2, -0.15) is 0 Å². The first-order valence-electron chi connectivity index (χ1n) is 5.15. The standard InChI is InChI=1S/C12H8BrClFN3O/c13-6-3-10(11(14)17-5-6)18-12(19)8-2-1-7(15)4-9(8)16/h1-5H,16H2,(H,18,19). The summed E-state index contributed by atoms with van der Waals surface area (Å²) in [6.45, 7) is 0. The molecule has 0 radical (unpaired) electrons. The van der Waals surface area contributed by atoms with Crippen LogP contribution in [0.15, 0.2) is 34.9 Å². The second kappa shape index (κ2) is 5.54. The second-order valence-corrected chi connectivity index (χ2v) is 4.95. The van der Waals surface area contributed by atoms with Gasteiger partial charge in [0.15, 0.2) is 5.15 Å². The van der Waals surface area contributed by atoms with E-state index in [-0.39, 0.29) is 16.4 Å². The molecule has 1 aromatic carbocycles. The van der Waals surface area contributed by atoms with E-state index in [2.05, 4.69) is 26.2 Å². The first kappa shape index (κ1) is 13.8. The molecule has 3 N–H and O–H groups in total. The Morgan fingerprint density at radius 2 is 2.16 bits per heavy atom. The van der Waals surface area contributed by atoms with Gasteiger partial charge in [0.05, 0.1) is 11.3 Å². The van der Waals surface area contributed by atoms with Gasteiger partial charge in [-0.15, -0.1) is 0 Å². The van der Waals surface area contributed by atoms with Crippen LogP contribution in [0.1, 0.15) is 10.4 Å². The molecule has 1 amide bonds. The van der Waals surface area contributed by atoms with Crippen molar-refractivity contribution in [2.24, 2.45) is 0 Å². The Hall–Kier alpha value is -1.66. The highest BCUT2D eigenvalue weighted by Crippen LogP contribution is 2.24. The summed E-state index contributed by atoms with van der Waals surface area (Å²) in [6.07, 6.45) is 1.50. The van der Waals surface area contributed by atoms with Gasteiger partial charge in [0, 0.05) is 16.4 Å². The van der Waals surface area contributed by atoms with Crippen molar-refractivity contribution in [3.63, 3.8) is 0 Å². The van der Waals surface area contributed by atoms with Crippen molar-refractivity contribution in [1.82, 2.24) is 4.98 Å². The number of benzene rings is 1. The average Bonchev–Trinajstić information content (AvgIpc) is 2.33. The van der Waals surface area contributed by atoms with Gasteiger partial charge in [0.2, 0.25) is 0 Å². The van der Waals surface area contributed by atoms with Gasteiger partial charge in [-0.25, -0.2) is 9.37 Å². The molecule has 0 fully saturated rings. The molecule has 2 rings (SSSR count). The van der Waals surface area contributed by atoms with Gasteiger partial charge >= 0.3 is 0 Å². The Morgan fingerprint density at radius 3 is 2.84 bits per heavy atom. The lowest BCUT2D eigenvalue weighted by Crippen LogP contribution is -2.14. The van der Waals surface area contributed by atoms with Gasteiger partial charge < -0.3 is 11.1 Å². The van der Waals surface area contributed by atoms with Crippen molar-refractivity contribution >= 4 is 44.8 Å². The first-order chi connectivity index (χ1) is 8.97. The number of nitrogens with one attached hydrogen (secondary N) is 1. The number of nitrogen functional groups attached to an aromatic ring is 1. The van der Waals surface area contributed by atoms with Crippen LogP contribution in [-0.2, 0) is 0 Å². The number of anilines is 2. The Bertz CT molecular complexity index is 651. The molecular weight excluding hydrogens is 337 g/mol. The maximum atomic E-state index is 12.9. The van der Waals surface area contributed by atoms with Crippen LogP contribution < -0.4 is 11.1 Å². The SMILES string of the molecule is Nc1cc(F)ccc1C(=O)Nc1cc(Br)cnc1Cl. The molecule has 0 aliphatic heterocycles. The van der Waals surface area contributed by atoms with Crippen molar-refractivity contribution in [1.29, 1.82) is 0 Å². The van der Waals surface area contributed by atoms with Gasteiger partial charge in [-0.3, -0.25) is 4.79 Å². The van der Waals surface area contributed by atoms with Crippen molar-refractivity contribution in [3.8, 4) is 0 Å². The second-order valence-electron chi connectivity index (χ2n) is 3.68. The minimum absolute atomic E-state index is 0.0524. The predicted octanol–water partition coefficient (Wildman–Crippen LogP) is 3.47. The fourth-order valence-electron chi connectivity index (χ4n) is 1.44. The molecule has 19 heavy (non-hydrogen) atoms. The zero-order valence-electron chi connectivity index (χ0n) is 9.45. The van der Waals surface area contributed by atoms with E-state index in [0.29, 0.717) is 10.2 Å². The van der Waals surface area contributed by atoms with E-state index in [1.54, 1.807) is 6.07 Å². The largest absolute Gasteiger partial charge is 0.398 e. The van der Waals surface area contributed by atoms with Crippen molar-refractivity contribution < 1.29 is 9.18 Å². The van der Waals surface area contributed by atoms with Gasteiger partial charge in [-0.1, -0.05) is 11.6 Å². The molecular formula is C12H8BrClFN3O. The number of amides is 1. The molecule has 7 heteroatoms. The summed E-state index contributed by atoms with van der Waals surface area (Å²) in [6, 6.07) is 5.15. The quantitative estimate of drug-likeness (QED) is 0.647. The van der Waals surface area contributed by atoms with E-state index in [4.69, 9.17) is 17.3 Å². The number of carbonyl (C=O) groups is 1. The highest BCUT2D eigenvalue weighted by Gasteiger charge is 2.13. The molecule has 0 atom stereocenters. The van der Waals surface area contributed by atoms with E-state index < -0.39 is 11.7 Å². The lowest BCUT2D eigenvalue weighted by molar-refractivity contribution is 0.102. The van der Waals surface area contributed by atoms with Gasteiger partial charge in [0.1, 0.15) is 5.82 Å². The minimum atomic E-state index is -0.504. The van der Waals surface area contributed by atoms with E-state index in [1.165, 1.54) is 12.3 Å². The predicted molar refractivity (Wildman–Crippen MR) is 75.7 cm³/mol. The van der Waals surface area contributed by atoms with Crippen LogP contribution in [0, 0.1) is 5.82 Å². The number of aromatic nitrogens is 1. The van der Waals surface area contributed by atoms with E-state index >= 15 is 0 Å². The zero-order chi connectivity index (χ0) is 14.0. The fraction of sp³-hybridized carbons (Fsp3) is 0. The Labute approximate surface area is 121 Å². The summed E-state index contributed by atoms with van der Waals surface area (Å²) in [5.74, 6) is -0.990. The number of nitrogens with zero attached hydrogens (tertiary/aromatic N) is 1. The Morgan fingerprint density at radius 1 is 1.42 bits per heavy atom. The van der Waals surface area contributed by atoms with E-state index in [9.17, 15) is 9.18 Å². The Balaban J connectivity index is 2.28. The lowest BCUT2D eigenvalue weighted by atomic mass is 10.1. The molecule has 0 spiro atoms. The van der Waals surface area contributed by atoms with E-state index in [1.807, 2.05) is 0 Å². The average molecular weight is 345 g/mol. The van der Waals surface area contributed by atoms with Crippen molar-refractivity contribution in [3.05, 3.63) is 51.5 Å². The number of halogens is 3. The molecule has 1 heterocycles. The third-order valence-electron chi connectivity index (χ3n) is 2.31. The van der Waals surface area contributed by atoms with Crippen LogP contribution >= 0.6 is 27.5 Å². The number of rotatable bonds is 2. The minimum Gasteiger partial charge on any atom is -0.398 e. The molecule has 4 nitrogen and oxygen atoms in total. The van der Waals surface area contributed by atoms with E-state index in [0.717, 1.165) is 12.1 Å². The molecule has 98 valence electrons. The van der Waals surface area contributed by atoms with Crippen LogP contribution in [0.3, 0.4) is 0 Å². The smallest absolute Gasteiger partial charge is 0.257 e. The summed E-state index contributed by atoms with van der Waals surface area (Å²) in [5, 5.41) is 2.71. The highest BCUT2D eigenvalue weighted by molar-refractivity contribution is 9.10. The van der Waals surface area contributed by atoms with Crippen LogP contribution in [0.5, 0.6) is 0 Å². The number of carbonyl (C=O) groups excluding carboxylic acids is 1. The highest BCUT2D eigenvalue weighted by atomic mass is 79.9. The molecule has 0 unspecified atom stereocenters. The summed E-state index contributed by atoms with van der Waals surface area (Å²) in [4.78, 5) is 15.9. The molecule has 0 aliphatic carbocycles. The fourth-order valence-corrected chi connectivity index (χ4v) is 1.92. The first-order valence-corrected chi connectivity index (χ1v) is 6.32. The monoisotopic (exact) mass is 343 g/mol. The Kier molecular flexibility index (Phi) is 4.01. The van der Waals surface area contributed by atoms with Crippen LogP contribution in [0.4, 0.5) is 15.8 Å². The molecule has 0 bridgehead atoms. The van der Waals surface area contributed by atoms with Gasteiger partial charge in [-0.05, 0) is 40.2 Å². The summed E-state index contributed by atoms with van der Waals surface area (Å²) >= 11 is 9.07. The molecule has 0 saturated carbocycles. The maximum absolute atomic E-state index is 12.9. The van der Waals surface area contributed by atoms with Crippen molar-refractivity contribution in [2.45, 2.75) is 0 Å². The van der Waals surface area contributed by atoms with Crippen molar-refractivity contribution in [2.75, 3.05) is 11.1 Å². The molecule has 2 aromatic rings. The third-order valence-corrected chi connectivity index (χ3v) is 3.05. The van der Waals surface area contributed by atoms with Gasteiger partial charge in [0.25, 0.3) is 5.91 Å². The third kappa shape index (κ3) is 3.21. The lowest BCUT2D eigenvalue weighted by Gasteiger charge is -2.08. The number of hydrogen-bond acceptors (Lipinski definition) is 3. The normalized spacial score (nSPS) is 10.3. The summed E-state index contributed by atoms with van der Waals surface area (Å²) < 4.78 is 13.6. The maximum Gasteiger partial charge on any atom is 0.257 e. The topological polar surface area (TPSA) is 68.0 Å². The summed E-state index contributed by atoms with van der Waals surface area (Å²) in [5.41, 5.74) is 6.14. The summed E-state index contributed by atoms with van der Waals surface area (Å²) in [7, 11) is 0. The van der Waals surface area contributed by atoms with Crippen LogP contribution in [0.2, 0.25) is 5.15 Å². The number of pyridine rings is 1. The molecule has 0 saturated heterocycles. The van der Waals surface area contributed by atoms with Crippen LogP contribution in [0.25, 0.3) is 0 Å². The van der Waals surface area contributed by atoms with Crippen LogP contribution in [-0.4, -0.2) is 10.9 Å². The zero-order valence-corrected chi connectivity index (χ0v) is 11.8. The molecule has 0 aliphatic rings. The number of nitrogens with two attached hydrogens (primary N) is 1. The molecule has 1 aromatic heterocycles.